The van der Waals surface area contributed by atoms with Crippen LogP contribution in [-0.4, -0.2) is 23.0 Å². The molecule has 1 amide bonds. The molecule has 4 N–H and O–H groups in total. The van der Waals surface area contributed by atoms with Gasteiger partial charge in [-0.1, -0.05) is 48.5 Å². The summed E-state index contributed by atoms with van der Waals surface area (Å²) < 4.78 is 0. The third-order valence-corrected chi connectivity index (χ3v) is 3.37. The summed E-state index contributed by atoms with van der Waals surface area (Å²) in [6.45, 7) is 0.222. The van der Waals surface area contributed by atoms with Crippen molar-refractivity contribution in [2.75, 3.05) is 0 Å². The van der Waals surface area contributed by atoms with E-state index >= 15 is 0 Å². The number of rotatable bonds is 6. The zero-order valence-corrected chi connectivity index (χ0v) is 12.0. The molecule has 1 atom stereocenters. The topological polar surface area (TPSA) is 92.4 Å². The fourth-order valence-corrected chi connectivity index (χ4v) is 2.21. The van der Waals surface area contributed by atoms with Crippen LogP contribution in [0.25, 0.3) is 0 Å². The van der Waals surface area contributed by atoms with E-state index < -0.39 is 17.9 Å². The molecule has 2 rings (SSSR count). The molecular formula is C17H18N2O3. The number of carboxylic acids is 1. The molecule has 2 aromatic rings. The summed E-state index contributed by atoms with van der Waals surface area (Å²) in [5.74, 6) is -1.49. The number of hydrogen-bond donors (Lipinski definition) is 3. The quantitative estimate of drug-likeness (QED) is 0.755. The molecule has 0 aliphatic heterocycles. The third kappa shape index (κ3) is 3.93. The lowest BCUT2D eigenvalue weighted by Gasteiger charge is -2.16. The van der Waals surface area contributed by atoms with Crippen LogP contribution >= 0.6 is 0 Å². The molecule has 0 aromatic heterocycles. The summed E-state index contributed by atoms with van der Waals surface area (Å²) in [6, 6.07) is 15.1. The minimum Gasteiger partial charge on any atom is -0.480 e. The van der Waals surface area contributed by atoms with Crippen molar-refractivity contribution in [2.24, 2.45) is 5.73 Å². The monoisotopic (exact) mass is 298 g/mol. The van der Waals surface area contributed by atoms with Gasteiger partial charge in [-0.3, -0.25) is 4.79 Å². The highest BCUT2D eigenvalue weighted by molar-refractivity contribution is 5.97. The fourth-order valence-electron chi connectivity index (χ4n) is 2.21. The fraction of sp³-hybridized carbons (Fsp3) is 0.176. The molecule has 0 aliphatic carbocycles. The van der Waals surface area contributed by atoms with Gasteiger partial charge in [0.05, 0.1) is 0 Å². The SMILES string of the molecule is NCc1ccccc1C(=O)NC(Cc1ccccc1)C(=O)O. The minimum absolute atomic E-state index is 0.222. The Kier molecular flexibility index (Phi) is 5.27. The van der Waals surface area contributed by atoms with E-state index in [2.05, 4.69) is 5.32 Å². The number of benzene rings is 2. The van der Waals surface area contributed by atoms with Crippen LogP contribution in [0.2, 0.25) is 0 Å². The molecule has 0 spiro atoms. The largest absolute Gasteiger partial charge is 0.480 e. The normalized spacial score (nSPS) is 11.7. The van der Waals surface area contributed by atoms with Crippen LogP contribution in [-0.2, 0) is 17.8 Å². The predicted octanol–water partition coefficient (Wildman–Crippen LogP) is 1.57. The zero-order chi connectivity index (χ0) is 15.9. The van der Waals surface area contributed by atoms with E-state index in [1.165, 1.54) is 0 Å². The van der Waals surface area contributed by atoms with Crippen molar-refractivity contribution in [2.45, 2.75) is 19.0 Å². The third-order valence-electron chi connectivity index (χ3n) is 3.37. The van der Waals surface area contributed by atoms with Gasteiger partial charge >= 0.3 is 5.97 Å². The minimum atomic E-state index is -1.07. The summed E-state index contributed by atoms with van der Waals surface area (Å²) in [4.78, 5) is 23.7. The number of carbonyl (C=O) groups excluding carboxylic acids is 1. The summed E-state index contributed by atoms with van der Waals surface area (Å²) in [5.41, 5.74) is 7.55. The maximum Gasteiger partial charge on any atom is 0.326 e. The molecule has 114 valence electrons. The number of nitrogens with one attached hydrogen (secondary N) is 1. The van der Waals surface area contributed by atoms with Crippen LogP contribution in [0, 0.1) is 0 Å². The van der Waals surface area contributed by atoms with Crippen LogP contribution < -0.4 is 11.1 Å². The van der Waals surface area contributed by atoms with Gasteiger partial charge < -0.3 is 16.2 Å². The van der Waals surface area contributed by atoms with Crippen LogP contribution in [0.5, 0.6) is 0 Å². The summed E-state index contributed by atoms with van der Waals surface area (Å²) in [7, 11) is 0. The van der Waals surface area contributed by atoms with Crippen molar-refractivity contribution < 1.29 is 14.7 Å². The molecule has 0 heterocycles. The van der Waals surface area contributed by atoms with E-state index in [0.717, 1.165) is 5.56 Å². The van der Waals surface area contributed by atoms with Crippen LogP contribution in [0.3, 0.4) is 0 Å². The van der Waals surface area contributed by atoms with E-state index in [4.69, 9.17) is 5.73 Å². The maximum absolute atomic E-state index is 12.3. The number of amides is 1. The second kappa shape index (κ2) is 7.38. The number of carboxylic acid groups (broad SMARTS) is 1. The van der Waals surface area contributed by atoms with Crippen molar-refractivity contribution in [3.63, 3.8) is 0 Å². The smallest absolute Gasteiger partial charge is 0.326 e. The Morgan fingerprint density at radius 1 is 1.05 bits per heavy atom. The number of hydrogen-bond acceptors (Lipinski definition) is 3. The maximum atomic E-state index is 12.3. The molecule has 1 unspecified atom stereocenters. The molecule has 0 radical (unpaired) electrons. The first-order valence-corrected chi connectivity index (χ1v) is 6.97. The molecule has 0 bridgehead atoms. The Labute approximate surface area is 128 Å². The van der Waals surface area contributed by atoms with Gasteiger partial charge in [-0.05, 0) is 17.2 Å². The predicted molar refractivity (Wildman–Crippen MR) is 83.4 cm³/mol. The van der Waals surface area contributed by atoms with Crippen LogP contribution in [0.15, 0.2) is 54.6 Å². The van der Waals surface area contributed by atoms with Gasteiger partial charge in [-0.15, -0.1) is 0 Å². The van der Waals surface area contributed by atoms with E-state index in [1.807, 2.05) is 30.3 Å². The summed E-state index contributed by atoms with van der Waals surface area (Å²) in [5, 5.41) is 11.9. The lowest BCUT2D eigenvalue weighted by molar-refractivity contribution is -0.139. The van der Waals surface area contributed by atoms with Gasteiger partial charge in [-0.2, -0.15) is 0 Å². The number of nitrogens with two attached hydrogens (primary N) is 1. The lowest BCUT2D eigenvalue weighted by Crippen LogP contribution is -2.42. The van der Waals surface area contributed by atoms with Gasteiger partial charge in [0.15, 0.2) is 0 Å². The second-order valence-electron chi connectivity index (χ2n) is 4.92. The molecule has 0 fully saturated rings. The highest BCUT2D eigenvalue weighted by Gasteiger charge is 2.22. The zero-order valence-electron chi connectivity index (χ0n) is 12.0. The number of aliphatic carboxylic acids is 1. The Morgan fingerprint density at radius 3 is 2.32 bits per heavy atom. The molecule has 5 nitrogen and oxygen atoms in total. The summed E-state index contributed by atoms with van der Waals surface area (Å²) >= 11 is 0. The average molecular weight is 298 g/mol. The van der Waals surface area contributed by atoms with Crippen LogP contribution in [0.1, 0.15) is 21.5 Å². The number of carbonyl (C=O) groups is 2. The Bertz CT molecular complexity index is 656. The van der Waals surface area contributed by atoms with Crippen LogP contribution in [0.4, 0.5) is 0 Å². The van der Waals surface area contributed by atoms with Crippen molar-refractivity contribution in [1.82, 2.24) is 5.32 Å². The molecule has 22 heavy (non-hydrogen) atoms. The molecule has 0 aliphatic rings. The first-order chi connectivity index (χ1) is 10.6. The van der Waals surface area contributed by atoms with Gasteiger partial charge in [0.1, 0.15) is 6.04 Å². The highest BCUT2D eigenvalue weighted by Crippen LogP contribution is 2.09. The Balaban J connectivity index is 2.14. The lowest BCUT2D eigenvalue weighted by atomic mass is 10.0. The molecule has 0 saturated carbocycles. The first-order valence-electron chi connectivity index (χ1n) is 6.97. The second-order valence-corrected chi connectivity index (χ2v) is 4.92. The molecule has 5 heteroatoms. The van der Waals surface area contributed by atoms with Gasteiger partial charge in [0.2, 0.25) is 0 Å². The molecule has 2 aromatic carbocycles. The van der Waals surface area contributed by atoms with E-state index in [1.54, 1.807) is 24.3 Å². The van der Waals surface area contributed by atoms with Gasteiger partial charge in [-0.25, -0.2) is 4.79 Å². The van der Waals surface area contributed by atoms with Gasteiger partial charge in [0, 0.05) is 18.5 Å². The van der Waals surface area contributed by atoms with E-state index in [0.29, 0.717) is 11.1 Å². The van der Waals surface area contributed by atoms with Crippen molar-refractivity contribution in [3.8, 4) is 0 Å². The van der Waals surface area contributed by atoms with Crippen molar-refractivity contribution in [3.05, 3.63) is 71.3 Å². The standard InChI is InChI=1S/C17H18N2O3/c18-11-13-8-4-5-9-14(13)16(20)19-15(17(21)22)10-12-6-2-1-3-7-12/h1-9,15H,10-11,18H2,(H,19,20)(H,21,22). The summed E-state index contributed by atoms with van der Waals surface area (Å²) in [6.07, 6.45) is 0.229. The average Bonchev–Trinajstić information content (AvgIpc) is 2.55. The Hall–Kier alpha value is -2.66. The molecule has 0 saturated heterocycles. The molecular weight excluding hydrogens is 280 g/mol. The van der Waals surface area contributed by atoms with Crippen molar-refractivity contribution >= 4 is 11.9 Å². The highest BCUT2D eigenvalue weighted by atomic mass is 16.4. The van der Waals surface area contributed by atoms with Gasteiger partial charge in [0.25, 0.3) is 5.91 Å². The van der Waals surface area contributed by atoms with E-state index in [9.17, 15) is 14.7 Å². The Morgan fingerprint density at radius 2 is 1.68 bits per heavy atom. The van der Waals surface area contributed by atoms with E-state index in [-0.39, 0.29) is 13.0 Å². The first kappa shape index (κ1) is 15.7. The van der Waals surface area contributed by atoms with Crippen molar-refractivity contribution in [1.29, 1.82) is 0 Å².